The van der Waals surface area contributed by atoms with Gasteiger partial charge >= 0.3 is 0 Å². The van der Waals surface area contributed by atoms with Gasteiger partial charge in [-0.05, 0) is 44.4 Å². The summed E-state index contributed by atoms with van der Waals surface area (Å²) in [4.78, 5) is 2.48. The van der Waals surface area contributed by atoms with Crippen LogP contribution in [0.15, 0.2) is 24.3 Å². The Kier molecular flexibility index (Phi) is 4.84. The number of rotatable bonds is 4. The summed E-state index contributed by atoms with van der Waals surface area (Å²) in [5.41, 5.74) is 8.35. The maximum atomic E-state index is 5.95. The molecule has 2 N–H and O–H groups in total. The van der Waals surface area contributed by atoms with E-state index in [1.807, 2.05) is 0 Å². The van der Waals surface area contributed by atoms with Crippen molar-refractivity contribution in [1.29, 1.82) is 0 Å². The molecule has 1 saturated heterocycles. The summed E-state index contributed by atoms with van der Waals surface area (Å²) >= 11 is 0. The quantitative estimate of drug-likeness (QED) is 0.919. The third-order valence-corrected chi connectivity index (χ3v) is 3.95. The molecule has 0 spiro atoms. The van der Waals surface area contributed by atoms with Crippen LogP contribution in [-0.2, 0) is 11.3 Å². The minimum Gasteiger partial charge on any atom is -0.370 e. The van der Waals surface area contributed by atoms with Crippen molar-refractivity contribution in [3.05, 3.63) is 35.4 Å². The predicted octanol–water partition coefficient (Wildman–Crippen LogP) is 2.75. The van der Waals surface area contributed by atoms with Gasteiger partial charge in [-0.2, -0.15) is 0 Å². The van der Waals surface area contributed by atoms with Crippen LogP contribution in [0.4, 0.5) is 0 Å². The summed E-state index contributed by atoms with van der Waals surface area (Å²) in [6.07, 6.45) is 0.301. The van der Waals surface area contributed by atoms with Crippen molar-refractivity contribution >= 4 is 0 Å². The van der Waals surface area contributed by atoms with Crippen LogP contribution in [-0.4, -0.2) is 36.2 Å². The zero-order chi connectivity index (χ0) is 14.8. The molecule has 0 bridgehead atoms. The molecule has 0 aliphatic carbocycles. The Balaban J connectivity index is 1.99. The highest BCUT2D eigenvalue weighted by Gasteiger charge is 2.30. The average molecular weight is 276 g/mol. The molecule has 1 fully saturated rings. The smallest absolute Gasteiger partial charge is 0.0757 e. The van der Waals surface area contributed by atoms with Crippen LogP contribution in [0.3, 0.4) is 0 Å². The lowest BCUT2D eigenvalue weighted by molar-refractivity contribution is -0.130. The van der Waals surface area contributed by atoms with Gasteiger partial charge in [0.15, 0.2) is 0 Å². The molecule has 2 rings (SSSR count). The first-order chi connectivity index (χ1) is 9.39. The van der Waals surface area contributed by atoms with Crippen molar-refractivity contribution in [3.8, 4) is 0 Å². The Morgan fingerprint density at radius 2 is 2.00 bits per heavy atom. The Bertz CT molecular complexity index is 427. The highest BCUT2D eigenvalue weighted by atomic mass is 16.5. The van der Waals surface area contributed by atoms with E-state index < -0.39 is 0 Å². The second-order valence-corrected chi connectivity index (χ2v) is 6.74. The van der Waals surface area contributed by atoms with Crippen LogP contribution in [0.5, 0.6) is 0 Å². The summed E-state index contributed by atoms with van der Waals surface area (Å²) in [6, 6.07) is 8.88. The molecule has 1 aromatic rings. The van der Waals surface area contributed by atoms with Gasteiger partial charge in [0.05, 0.1) is 11.7 Å². The fourth-order valence-corrected chi connectivity index (χ4v) is 3.05. The average Bonchev–Trinajstić information content (AvgIpc) is 2.36. The topological polar surface area (TPSA) is 38.5 Å². The zero-order valence-corrected chi connectivity index (χ0v) is 13.2. The van der Waals surface area contributed by atoms with Crippen molar-refractivity contribution in [2.75, 3.05) is 19.6 Å². The van der Waals surface area contributed by atoms with Crippen LogP contribution in [0, 0.1) is 0 Å². The van der Waals surface area contributed by atoms with Gasteiger partial charge in [0.25, 0.3) is 0 Å². The van der Waals surface area contributed by atoms with E-state index in [1.165, 1.54) is 11.1 Å². The Morgan fingerprint density at radius 1 is 1.35 bits per heavy atom. The predicted molar refractivity (Wildman–Crippen MR) is 83.8 cm³/mol. The van der Waals surface area contributed by atoms with E-state index in [1.54, 1.807) is 0 Å². The number of benzene rings is 1. The molecule has 1 heterocycles. The van der Waals surface area contributed by atoms with Gasteiger partial charge in [0.2, 0.25) is 0 Å². The molecule has 2 atom stereocenters. The van der Waals surface area contributed by atoms with Crippen molar-refractivity contribution in [1.82, 2.24) is 4.90 Å². The highest BCUT2D eigenvalue weighted by Crippen LogP contribution is 2.23. The van der Waals surface area contributed by atoms with E-state index >= 15 is 0 Å². The number of morpholine rings is 1. The van der Waals surface area contributed by atoms with E-state index in [4.69, 9.17) is 10.5 Å². The molecular formula is C17H28N2O. The molecule has 1 aliphatic heterocycles. The lowest BCUT2D eigenvalue weighted by atomic mass is 9.99. The largest absolute Gasteiger partial charge is 0.370 e. The maximum absolute atomic E-state index is 5.95. The second-order valence-electron chi connectivity index (χ2n) is 6.74. The fraction of sp³-hybridized carbons (Fsp3) is 0.647. The van der Waals surface area contributed by atoms with Crippen LogP contribution in [0.25, 0.3) is 0 Å². The first kappa shape index (κ1) is 15.5. The van der Waals surface area contributed by atoms with Gasteiger partial charge in [-0.15, -0.1) is 0 Å². The van der Waals surface area contributed by atoms with Crippen molar-refractivity contribution in [2.45, 2.75) is 51.9 Å². The number of hydrogen-bond donors (Lipinski definition) is 1. The molecule has 1 aliphatic rings. The van der Waals surface area contributed by atoms with Gasteiger partial charge < -0.3 is 10.5 Å². The lowest BCUT2D eigenvalue weighted by Crippen LogP contribution is -2.51. The van der Waals surface area contributed by atoms with Crippen LogP contribution >= 0.6 is 0 Å². The molecule has 0 aromatic heterocycles. The third kappa shape index (κ3) is 4.05. The monoisotopic (exact) mass is 276 g/mol. The third-order valence-electron chi connectivity index (χ3n) is 3.95. The van der Waals surface area contributed by atoms with Crippen LogP contribution < -0.4 is 5.73 Å². The number of nitrogens with two attached hydrogens (primary N) is 1. The van der Waals surface area contributed by atoms with Crippen molar-refractivity contribution in [3.63, 3.8) is 0 Å². The molecule has 0 radical (unpaired) electrons. The minimum absolute atomic E-state index is 0.0499. The fourth-order valence-electron chi connectivity index (χ4n) is 3.05. The summed E-state index contributed by atoms with van der Waals surface area (Å²) in [5.74, 6) is 0.436. The van der Waals surface area contributed by atoms with Crippen molar-refractivity contribution < 1.29 is 4.74 Å². The molecule has 3 nitrogen and oxygen atoms in total. The molecule has 0 amide bonds. The SMILES string of the molecule is CC1CN(Cc2ccc(C(C)CN)cc2)CC(C)(C)O1. The van der Waals surface area contributed by atoms with Crippen LogP contribution in [0.1, 0.15) is 44.7 Å². The number of ether oxygens (including phenoxy) is 1. The summed E-state index contributed by atoms with van der Waals surface area (Å²) in [7, 11) is 0. The molecule has 1 aromatic carbocycles. The zero-order valence-electron chi connectivity index (χ0n) is 13.2. The molecule has 20 heavy (non-hydrogen) atoms. The van der Waals surface area contributed by atoms with Gasteiger partial charge in [0, 0.05) is 19.6 Å². The van der Waals surface area contributed by atoms with Crippen LogP contribution in [0.2, 0.25) is 0 Å². The second kappa shape index (κ2) is 6.25. The minimum atomic E-state index is -0.0499. The first-order valence-corrected chi connectivity index (χ1v) is 7.59. The molecular weight excluding hydrogens is 248 g/mol. The van der Waals surface area contributed by atoms with Crippen molar-refractivity contribution in [2.24, 2.45) is 5.73 Å². The van der Waals surface area contributed by atoms with E-state index in [0.29, 0.717) is 18.6 Å². The molecule has 3 heteroatoms. The molecule has 0 saturated carbocycles. The van der Waals surface area contributed by atoms with E-state index in [-0.39, 0.29) is 5.60 Å². The molecule has 112 valence electrons. The van der Waals surface area contributed by atoms with Gasteiger partial charge in [-0.3, -0.25) is 4.90 Å². The highest BCUT2D eigenvalue weighted by molar-refractivity contribution is 5.25. The Labute approximate surface area is 123 Å². The molecule has 2 unspecified atom stereocenters. The van der Waals surface area contributed by atoms with E-state index in [0.717, 1.165) is 19.6 Å². The number of nitrogens with zero attached hydrogens (tertiary/aromatic N) is 1. The Hall–Kier alpha value is -0.900. The Morgan fingerprint density at radius 3 is 2.55 bits per heavy atom. The summed E-state index contributed by atoms with van der Waals surface area (Å²) in [5, 5.41) is 0. The normalized spacial score (nSPS) is 24.6. The standard InChI is InChI=1S/C17H28N2O/c1-13(9-18)16-7-5-15(6-8-16)11-19-10-14(2)20-17(3,4)12-19/h5-8,13-14H,9-12,18H2,1-4H3. The van der Waals surface area contributed by atoms with E-state index in [2.05, 4.69) is 56.9 Å². The lowest BCUT2D eigenvalue weighted by Gasteiger charge is -2.41. The number of hydrogen-bond acceptors (Lipinski definition) is 3. The first-order valence-electron chi connectivity index (χ1n) is 7.59. The van der Waals surface area contributed by atoms with Gasteiger partial charge in [0.1, 0.15) is 0 Å². The van der Waals surface area contributed by atoms with Gasteiger partial charge in [-0.25, -0.2) is 0 Å². The van der Waals surface area contributed by atoms with E-state index in [9.17, 15) is 0 Å². The maximum Gasteiger partial charge on any atom is 0.0757 e. The summed E-state index contributed by atoms with van der Waals surface area (Å²) < 4.78 is 5.95. The van der Waals surface area contributed by atoms with Gasteiger partial charge in [-0.1, -0.05) is 31.2 Å². The summed E-state index contributed by atoms with van der Waals surface area (Å²) in [6.45, 7) is 12.3.